The first kappa shape index (κ1) is 67.8. The van der Waals surface area contributed by atoms with E-state index in [1.807, 2.05) is 13.8 Å². The molecular formula is C71H118O19. The SMILES string of the molecule is CC(C)(O)[C@@H]1CC[C@](C)([C@H]2[C@@H](O)C[C@@]3(C)[C@@H]4C[C@H](O)[C@H]5C(C)(C)[C@@H](O)CC[C@@]56CC46CC[C@]23C)O1.CC(C)(O)[C@@H]1CC[C@](C)([C@H]2[C@@H](O)C[C@@]3(C)[C@@H]4C[C@H](OC5OC(CO)[C@@H](O)[C@H](O)[C@H]5O)[C@H]5C(C)(C)[C@@H](OC6OC[C@@H](O)[C@H](O)[C@H]6O)CC[C@@]56CC46CC[C@]23C)O1. The van der Waals surface area contributed by atoms with Crippen molar-refractivity contribution in [2.75, 3.05) is 13.2 Å². The molecule has 4 heterocycles. The van der Waals surface area contributed by atoms with E-state index in [0.717, 1.165) is 83.5 Å². The van der Waals surface area contributed by atoms with Gasteiger partial charge in [0, 0.05) is 11.8 Å². The average molecular weight is 1280 g/mol. The highest BCUT2D eigenvalue weighted by molar-refractivity contribution is 5.35. The number of fused-ring (bicyclic) bond motifs is 4. The van der Waals surface area contributed by atoms with Crippen molar-refractivity contribution < 1.29 is 94.8 Å². The van der Waals surface area contributed by atoms with Crippen LogP contribution in [0.25, 0.3) is 0 Å². The van der Waals surface area contributed by atoms with Gasteiger partial charge in [0.2, 0.25) is 0 Å². The van der Waals surface area contributed by atoms with Crippen LogP contribution in [0.3, 0.4) is 0 Å². The summed E-state index contributed by atoms with van der Waals surface area (Å²) in [7, 11) is 0. The lowest BCUT2D eigenvalue weighted by atomic mass is 9.41. The second-order valence-electron chi connectivity index (χ2n) is 37.0. The molecule has 4 aliphatic heterocycles. The fraction of sp³-hybridized carbons (Fsp3) is 1.00. The largest absolute Gasteiger partial charge is 0.394 e. The van der Waals surface area contributed by atoms with Crippen molar-refractivity contribution in [2.45, 2.75) is 339 Å². The Hall–Kier alpha value is -0.760. The number of aliphatic hydroxyl groups excluding tert-OH is 11. The van der Waals surface area contributed by atoms with Crippen LogP contribution in [0.4, 0.5) is 0 Å². The number of hydrogen-bond acceptors (Lipinski definition) is 19. The van der Waals surface area contributed by atoms with E-state index < -0.39 is 120 Å². The standard InChI is InChI=1S/C41H68O14.C30H50O5/c1-35(2)24(54-33-29(48)26(45)20(44)17-51-33)9-11-41-18-40(41)13-12-37(5)31(39(7)10-8-25(55-39)36(3,4)50)19(43)15-38(37,6)23(40)14-21(32(35)41)52-34-30(49)28(47)27(46)22(16-42)53-34;1-24(2)20(33)8-11-30-16-29(30)13-12-26(5)23(28(7)10-9-21(35-28)25(3,4)34)18(32)15-27(26,6)19(29)14-17(31)22(24)30/h19-34,42-50H,8-18H2,1-7H3;17-23,31-34H,8-16H2,1-7H3/t19-,20+,21-,22?,23-,24-,25-,26-,27+,28-,29+,30+,31-,32-,33?,34?,37+,38-,39+,40?,41+;17-,18-,19-,20-,21-,22-,23-,26+,27-,28+,29?,30+/m00/s1. The van der Waals surface area contributed by atoms with Crippen molar-refractivity contribution in [3.63, 3.8) is 0 Å². The molecule has 0 aromatic heterocycles. The molecule has 0 aromatic rings. The predicted molar refractivity (Wildman–Crippen MR) is 328 cm³/mol. The minimum Gasteiger partial charge on any atom is -0.394 e. The normalized spacial score (nSPS) is 59.6. The van der Waals surface area contributed by atoms with E-state index in [1.54, 1.807) is 13.8 Å². The molecule has 13 N–H and O–H groups in total. The van der Waals surface area contributed by atoms with Crippen LogP contribution in [0, 0.1) is 89.7 Å². The zero-order chi connectivity index (χ0) is 65.7. The summed E-state index contributed by atoms with van der Waals surface area (Å²) >= 11 is 0. The van der Waals surface area contributed by atoms with Crippen LogP contribution in [-0.4, -0.2) is 206 Å². The number of ether oxygens (including phenoxy) is 6. The number of rotatable bonds is 9. The molecule has 19 heteroatoms. The van der Waals surface area contributed by atoms with Crippen LogP contribution in [0.2, 0.25) is 0 Å². The molecule has 10 aliphatic carbocycles. The van der Waals surface area contributed by atoms with E-state index in [-0.39, 0.29) is 103 Å². The quantitative estimate of drug-likeness (QED) is 0.133. The Morgan fingerprint density at radius 1 is 0.444 bits per heavy atom. The lowest BCUT2D eigenvalue weighted by Crippen LogP contribution is -2.65. The molecule has 33 atom stereocenters. The van der Waals surface area contributed by atoms with Crippen LogP contribution in [0.1, 0.15) is 213 Å². The van der Waals surface area contributed by atoms with Gasteiger partial charge >= 0.3 is 0 Å². The average Bonchev–Trinajstić information content (AvgIpc) is 1.47. The molecule has 4 saturated heterocycles. The van der Waals surface area contributed by atoms with Gasteiger partial charge in [-0.05, 0) is 235 Å². The van der Waals surface area contributed by atoms with Crippen molar-refractivity contribution in [3.05, 3.63) is 0 Å². The Morgan fingerprint density at radius 3 is 1.43 bits per heavy atom. The lowest BCUT2D eigenvalue weighted by Gasteiger charge is -2.65. The third-order valence-corrected chi connectivity index (χ3v) is 31.4. The summed E-state index contributed by atoms with van der Waals surface area (Å²) in [6, 6.07) is 0. The molecule has 5 unspecified atom stereocenters. The third-order valence-electron chi connectivity index (χ3n) is 31.4. The first-order valence-electron chi connectivity index (χ1n) is 35.3. The summed E-state index contributed by atoms with van der Waals surface area (Å²) in [5.74, 6) is 0.362. The van der Waals surface area contributed by atoms with Gasteiger partial charge in [-0.3, -0.25) is 0 Å². The van der Waals surface area contributed by atoms with Gasteiger partial charge in [-0.15, -0.1) is 0 Å². The van der Waals surface area contributed by atoms with Crippen LogP contribution in [-0.2, 0) is 28.4 Å². The molecule has 14 fully saturated rings. The number of hydrogen-bond donors (Lipinski definition) is 13. The smallest absolute Gasteiger partial charge is 0.186 e. The van der Waals surface area contributed by atoms with E-state index in [0.29, 0.717) is 31.6 Å². The van der Waals surface area contributed by atoms with Crippen molar-refractivity contribution in [1.82, 2.24) is 0 Å². The van der Waals surface area contributed by atoms with Crippen LogP contribution in [0.15, 0.2) is 0 Å². The monoisotopic (exact) mass is 1270 g/mol. The van der Waals surface area contributed by atoms with E-state index in [1.165, 1.54) is 6.42 Å². The van der Waals surface area contributed by atoms with Gasteiger partial charge in [0.1, 0.15) is 42.7 Å². The zero-order valence-corrected chi connectivity index (χ0v) is 56.7. The molecule has 4 spiro atoms. The minimum absolute atomic E-state index is 0.0267. The first-order valence-corrected chi connectivity index (χ1v) is 35.3. The van der Waals surface area contributed by atoms with E-state index >= 15 is 0 Å². The summed E-state index contributed by atoms with van der Waals surface area (Å²) in [5.41, 5.74) is -4.51. The van der Waals surface area contributed by atoms with Crippen LogP contribution >= 0.6 is 0 Å². The fourth-order valence-corrected chi connectivity index (χ4v) is 27.0. The maximum absolute atomic E-state index is 12.2. The van der Waals surface area contributed by atoms with Crippen molar-refractivity contribution >= 4 is 0 Å². The molecule has 14 rings (SSSR count). The summed E-state index contributed by atoms with van der Waals surface area (Å²) < 4.78 is 38.5. The highest BCUT2D eigenvalue weighted by Gasteiger charge is 2.87. The molecular weight excluding hydrogens is 1160 g/mol. The molecule has 0 amide bonds. The Balaban J connectivity index is 0.000000182. The number of aliphatic hydroxyl groups is 13. The van der Waals surface area contributed by atoms with Gasteiger partial charge in [0.05, 0.1) is 84.4 Å². The van der Waals surface area contributed by atoms with Crippen molar-refractivity contribution in [1.29, 1.82) is 0 Å². The van der Waals surface area contributed by atoms with Gasteiger partial charge in [0.25, 0.3) is 0 Å². The maximum Gasteiger partial charge on any atom is 0.186 e. The molecule has 90 heavy (non-hydrogen) atoms. The third kappa shape index (κ3) is 9.02. The van der Waals surface area contributed by atoms with Gasteiger partial charge in [0.15, 0.2) is 12.6 Å². The topological polar surface area (TPSA) is 318 Å². The van der Waals surface area contributed by atoms with Gasteiger partial charge in [-0.25, -0.2) is 0 Å². The predicted octanol–water partition coefficient (Wildman–Crippen LogP) is 5.16. The Bertz CT molecular complexity index is 2720. The van der Waals surface area contributed by atoms with Crippen molar-refractivity contribution in [2.24, 2.45) is 89.7 Å². The summed E-state index contributed by atoms with van der Waals surface area (Å²) in [6.45, 7) is 28.9. The van der Waals surface area contributed by atoms with Gasteiger partial charge < -0.3 is 94.8 Å². The molecule has 19 nitrogen and oxygen atoms in total. The lowest BCUT2D eigenvalue weighted by molar-refractivity contribution is -0.339. The highest BCUT2D eigenvalue weighted by atomic mass is 16.7. The summed E-state index contributed by atoms with van der Waals surface area (Å²) in [6.07, 6.45) is -0.301. The van der Waals surface area contributed by atoms with Crippen LogP contribution in [0.5, 0.6) is 0 Å². The highest BCUT2D eigenvalue weighted by Crippen LogP contribution is 2.91. The fourth-order valence-electron chi connectivity index (χ4n) is 27.0. The van der Waals surface area contributed by atoms with Gasteiger partial charge in [-0.2, -0.15) is 0 Å². The summed E-state index contributed by atoms with van der Waals surface area (Å²) in [4.78, 5) is 0. The van der Waals surface area contributed by atoms with E-state index in [4.69, 9.17) is 28.4 Å². The Labute approximate surface area is 534 Å². The zero-order valence-electron chi connectivity index (χ0n) is 56.7. The second-order valence-corrected chi connectivity index (χ2v) is 37.0. The van der Waals surface area contributed by atoms with Crippen LogP contribution < -0.4 is 0 Å². The first-order chi connectivity index (χ1) is 41.5. The molecule has 0 bridgehead atoms. The Morgan fingerprint density at radius 2 is 0.933 bits per heavy atom. The van der Waals surface area contributed by atoms with E-state index in [9.17, 15) is 66.4 Å². The van der Waals surface area contributed by atoms with E-state index in [2.05, 4.69) is 69.2 Å². The molecule has 14 aliphatic rings. The molecule has 516 valence electrons. The second kappa shape index (κ2) is 21.1. The van der Waals surface area contributed by atoms with Crippen molar-refractivity contribution in [3.8, 4) is 0 Å². The summed E-state index contributed by atoms with van der Waals surface area (Å²) in [5, 5.41) is 142. The Kier molecular flexibility index (Phi) is 15.9. The van der Waals surface area contributed by atoms with Gasteiger partial charge in [-0.1, -0.05) is 55.4 Å². The molecule has 0 radical (unpaired) electrons. The molecule has 0 aromatic carbocycles. The minimum atomic E-state index is -1.60. The maximum atomic E-state index is 12.2. The molecule has 10 saturated carbocycles.